The quantitative estimate of drug-likeness (QED) is 0.0278. The summed E-state index contributed by atoms with van der Waals surface area (Å²) in [6.07, 6.45) is 3.95. The van der Waals surface area contributed by atoms with Crippen LogP contribution < -0.4 is 27.4 Å². The number of thiocarbonyl (C=S) groups is 1. The fourth-order valence-corrected chi connectivity index (χ4v) is 4.66. The van der Waals surface area contributed by atoms with Crippen LogP contribution in [0.3, 0.4) is 0 Å². The minimum Gasteiger partial charge on any atom is -0.443 e. The van der Waals surface area contributed by atoms with Crippen LogP contribution >= 0.6 is 47.0 Å². The van der Waals surface area contributed by atoms with E-state index < -0.39 is 34.6 Å². The highest BCUT2D eigenvalue weighted by atomic mass is 35.6. The number of carbonyl (C=O) groups is 2. The lowest BCUT2D eigenvalue weighted by molar-refractivity contribution is -0.149. The Bertz CT molecular complexity index is 1480. The van der Waals surface area contributed by atoms with Gasteiger partial charge in [0.15, 0.2) is 24.0 Å². The molecule has 2 aromatic carbocycles. The van der Waals surface area contributed by atoms with Crippen molar-refractivity contribution in [3.63, 3.8) is 0 Å². The summed E-state index contributed by atoms with van der Waals surface area (Å²) in [5, 5.41) is 9.44. The monoisotopic (exact) mass is 678 g/mol. The van der Waals surface area contributed by atoms with Crippen molar-refractivity contribution in [2.75, 3.05) is 25.6 Å². The lowest BCUT2D eigenvalue weighted by Gasteiger charge is -2.37. The van der Waals surface area contributed by atoms with E-state index in [1.165, 1.54) is 11.0 Å². The Balaban J connectivity index is 1.81. The molecule has 1 aromatic heterocycles. The number of hydrogen-bond donors (Lipinski definition) is 5. The van der Waals surface area contributed by atoms with Gasteiger partial charge >= 0.3 is 5.97 Å². The van der Waals surface area contributed by atoms with Crippen LogP contribution in [0.25, 0.3) is 17.0 Å². The molecule has 1 unspecified atom stereocenters. The summed E-state index contributed by atoms with van der Waals surface area (Å²) in [4.78, 5) is 35.3. The third-order valence-electron chi connectivity index (χ3n) is 6.15. The maximum atomic E-state index is 13.0. The highest BCUT2D eigenvalue weighted by Gasteiger charge is 2.40. The Kier molecular flexibility index (Phi) is 13.4. The van der Waals surface area contributed by atoms with Crippen LogP contribution in [0.4, 0.5) is 5.69 Å². The molecule has 3 rings (SSSR count). The van der Waals surface area contributed by atoms with Crippen molar-refractivity contribution in [1.82, 2.24) is 20.5 Å². The average Bonchev–Trinajstić information content (AvgIpc) is 3.01. The van der Waals surface area contributed by atoms with Gasteiger partial charge in [-0.2, -0.15) is 0 Å². The highest BCUT2D eigenvalue weighted by molar-refractivity contribution is 7.80. The topological polar surface area (TPSA) is 160 Å². The second-order valence-corrected chi connectivity index (χ2v) is 12.1. The van der Waals surface area contributed by atoms with Crippen LogP contribution in [-0.2, 0) is 14.3 Å². The molecule has 1 amide bonds. The van der Waals surface area contributed by atoms with E-state index in [9.17, 15) is 9.59 Å². The van der Waals surface area contributed by atoms with Crippen LogP contribution in [-0.4, -0.2) is 69.2 Å². The van der Waals surface area contributed by atoms with Gasteiger partial charge in [0.05, 0.1) is 11.2 Å². The first kappa shape index (κ1) is 34.8. The fraction of sp³-hybridized carbons (Fsp3) is 0.276. The summed E-state index contributed by atoms with van der Waals surface area (Å²) in [5.74, 6) is -1.03. The molecule has 1 heterocycles. The first-order chi connectivity index (χ1) is 21.0. The number of amides is 1. The third-order valence-corrected chi connectivity index (χ3v) is 7.11. The van der Waals surface area contributed by atoms with E-state index in [0.717, 1.165) is 10.9 Å². The number of carbonyl (C=O) groups excluding carboxylic acids is 2. The molecule has 0 aliphatic heterocycles. The normalized spacial score (nSPS) is 13.2. The second-order valence-electron chi connectivity index (χ2n) is 9.35. The van der Waals surface area contributed by atoms with Crippen LogP contribution in [0.15, 0.2) is 77.9 Å². The van der Waals surface area contributed by atoms with Crippen molar-refractivity contribution in [2.45, 2.75) is 28.8 Å². The van der Waals surface area contributed by atoms with Crippen LogP contribution in [0.2, 0.25) is 0 Å². The number of benzene rings is 2. The molecule has 0 radical (unpaired) electrons. The standard InChI is InChI=1S/C29H33Cl3N8O3S/c1-35-27(34)37-17-7-12-21(33)25(42)43-18-40(28(44)38-22-13-5-10-20-11-6-16-36-24(20)22)26(29(30,31)32)39-23(41)15-14-19-8-3-2-4-9-19/h2-6,8-11,13-16,21,26H,7,12,17-18,33H2,1H3,(H,38,44)(H,39,41)(H3,34,35,37)/b15-14+/t21-,26?/m0/s1. The van der Waals surface area contributed by atoms with Gasteiger partial charge in [0.25, 0.3) is 0 Å². The Morgan fingerprint density at radius 1 is 1.14 bits per heavy atom. The number of hydrogen-bond acceptors (Lipinski definition) is 7. The van der Waals surface area contributed by atoms with Gasteiger partial charge in [-0.05, 0) is 48.8 Å². The number of nitrogens with one attached hydrogen (secondary N) is 3. The van der Waals surface area contributed by atoms with E-state index in [1.54, 1.807) is 31.5 Å². The lowest BCUT2D eigenvalue weighted by atomic mass is 10.2. The molecule has 44 heavy (non-hydrogen) atoms. The lowest BCUT2D eigenvalue weighted by Crippen LogP contribution is -2.59. The van der Waals surface area contributed by atoms with Crippen molar-refractivity contribution >= 4 is 92.6 Å². The first-order valence-corrected chi connectivity index (χ1v) is 14.9. The number of guanidine groups is 1. The number of ether oxygens (including phenoxy) is 1. The smallest absolute Gasteiger partial charge is 0.324 e. The summed E-state index contributed by atoms with van der Waals surface area (Å²) in [6, 6.07) is 17.4. The molecule has 2 atom stereocenters. The Hall–Kier alpha value is -3.68. The van der Waals surface area contributed by atoms with Gasteiger partial charge in [-0.1, -0.05) is 83.3 Å². The molecule has 11 nitrogen and oxygen atoms in total. The van der Waals surface area contributed by atoms with Crippen LogP contribution in [0, 0.1) is 0 Å². The zero-order valence-electron chi connectivity index (χ0n) is 23.8. The summed E-state index contributed by atoms with van der Waals surface area (Å²) >= 11 is 24.8. The first-order valence-electron chi connectivity index (χ1n) is 13.4. The number of aliphatic imine (C=N–C) groups is 1. The zero-order chi connectivity index (χ0) is 32.1. The van der Waals surface area contributed by atoms with E-state index >= 15 is 0 Å². The predicted octanol–water partition coefficient (Wildman–Crippen LogP) is 3.90. The maximum absolute atomic E-state index is 13.0. The Morgan fingerprint density at radius 2 is 1.86 bits per heavy atom. The minimum absolute atomic E-state index is 0.0216. The van der Waals surface area contributed by atoms with Crippen molar-refractivity contribution in [3.8, 4) is 0 Å². The van der Waals surface area contributed by atoms with Crippen molar-refractivity contribution in [1.29, 1.82) is 0 Å². The third kappa shape index (κ3) is 10.8. The Labute approximate surface area is 275 Å². The number of fused-ring (bicyclic) bond motifs is 1. The number of nitrogens with zero attached hydrogens (tertiary/aromatic N) is 3. The summed E-state index contributed by atoms with van der Waals surface area (Å²) in [7, 11) is 1.56. The molecule has 3 aromatic rings. The van der Waals surface area contributed by atoms with Crippen LogP contribution in [0.5, 0.6) is 0 Å². The van der Waals surface area contributed by atoms with E-state index in [-0.39, 0.29) is 11.1 Å². The van der Waals surface area contributed by atoms with Gasteiger partial charge in [-0.15, -0.1) is 0 Å². The van der Waals surface area contributed by atoms with E-state index in [1.807, 2.05) is 48.5 Å². The molecule has 0 fully saturated rings. The van der Waals surface area contributed by atoms with Crippen molar-refractivity contribution in [3.05, 3.63) is 78.5 Å². The number of nitrogens with two attached hydrogens (primary N) is 2. The second kappa shape index (κ2) is 17.0. The molecular weight excluding hydrogens is 647 g/mol. The number of esters is 1. The van der Waals surface area contributed by atoms with Gasteiger partial charge in [-0.25, -0.2) is 0 Å². The molecule has 0 saturated heterocycles. The molecule has 0 aliphatic rings. The van der Waals surface area contributed by atoms with E-state index in [2.05, 4.69) is 25.9 Å². The van der Waals surface area contributed by atoms with Gasteiger partial charge in [0.1, 0.15) is 6.04 Å². The van der Waals surface area contributed by atoms with Gasteiger partial charge in [0, 0.05) is 31.3 Å². The number of para-hydroxylation sites is 1. The van der Waals surface area contributed by atoms with Gasteiger partial charge < -0.3 is 32.2 Å². The fourth-order valence-electron chi connectivity index (χ4n) is 3.87. The molecule has 0 saturated carbocycles. The number of anilines is 1. The molecule has 0 bridgehead atoms. The molecular formula is C29H33Cl3N8O3S. The van der Waals surface area contributed by atoms with E-state index in [4.69, 9.17) is 63.2 Å². The summed E-state index contributed by atoms with van der Waals surface area (Å²) in [5.41, 5.74) is 13.6. The maximum Gasteiger partial charge on any atom is 0.324 e. The minimum atomic E-state index is -2.13. The largest absolute Gasteiger partial charge is 0.443 e. The highest BCUT2D eigenvalue weighted by Crippen LogP contribution is 2.33. The number of rotatable bonds is 12. The van der Waals surface area contributed by atoms with Crippen molar-refractivity contribution < 1.29 is 14.3 Å². The predicted molar refractivity (Wildman–Crippen MR) is 181 cm³/mol. The van der Waals surface area contributed by atoms with E-state index in [0.29, 0.717) is 30.6 Å². The van der Waals surface area contributed by atoms with Gasteiger partial charge in [0.2, 0.25) is 9.70 Å². The Morgan fingerprint density at radius 3 is 2.57 bits per heavy atom. The molecule has 7 N–H and O–H groups in total. The number of aromatic nitrogens is 1. The summed E-state index contributed by atoms with van der Waals surface area (Å²) < 4.78 is 3.38. The SMILES string of the molecule is CN=C(N)NCCC[C@H](N)C(=O)OCN(C(=S)Nc1cccc2cccnc12)C(NC(=O)/C=C/c1ccccc1)C(Cl)(Cl)Cl. The number of halogens is 3. The van der Waals surface area contributed by atoms with Crippen molar-refractivity contribution in [2.24, 2.45) is 16.5 Å². The molecule has 0 spiro atoms. The van der Waals surface area contributed by atoms with Gasteiger partial charge in [-0.3, -0.25) is 24.5 Å². The number of pyridine rings is 1. The molecule has 0 aliphatic carbocycles. The summed E-state index contributed by atoms with van der Waals surface area (Å²) in [6.45, 7) is -0.0489. The zero-order valence-corrected chi connectivity index (χ0v) is 26.8. The average molecular weight is 680 g/mol. The van der Waals surface area contributed by atoms with Crippen LogP contribution in [0.1, 0.15) is 18.4 Å². The molecule has 234 valence electrons. The number of alkyl halides is 3. The molecule has 15 heteroatoms.